The minimum Gasteiger partial charge on any atom is -0.379 e. The van der Waals surface area contributed by atoms with Gasteiger partial charge >= 0.3 is 0 Å². The Kier molecular flexibility index (Phi) is 7.04. The number of benzene rings is 1. The van der Waals surface area contributed by atoms with Gasteiger partial charge in [-0.2, -0.15) is 0 Å². The highest BCUT2D eigenvalue weighted by molar-refractivity contribution is 5.46. The van der Waals surface area contributed by atoms with Crippen molar-refractivity contribution in [3.05, 3.63) is 30.3 Å². The van der Waals surface area contributed by atoms with Crippen LogP contribution in [0.3, 0.4) is 0 Å². The van der Waals surface area contributed by atoms with Gasteiger partial charge in [-0.25, -0.2) is 0 Å². The molecule has 3 heteroatoms. The monoisotopic (exact) mass is 290 g/mol. The summed E-state index contributed by atoms with van der Waals surface area (Å²) < 4.78 is 5.56. The average molecular weight is 290 g/mol. The summed E-state index contributed by atoms with van der Waals surface area (Å²) in [6, 6.07) is 11.4. The molecule has 1 N–H and O–H groups in total. The molecule has 2 rings (SSSR count). The van der Waals surface area contributed by atoms with Gasteiger partial charge in [0.2, 0.25) is 0 Å². The molecular weight excluding hydrogens is 260 g/mol. The third kappa shape index (κ3) is 6.06. The Morgan fingerprint density at radius 3 is 2.52 bits per heavy atom. The molecule has 0 saturated carbocycles. The Labute approximate surface area is 129 Å². The average Bonchev–Trinajstić information content (AvgIpc) is 2.52. The maximum absolute atomic E-state index is 5.56. The van der Waals surface area contributed by atoms with E-state index in [4.69, 9.17) is 4.74 Å². The SMILES string of the molecule is CC(C)OCCCCNC1CCN(c2ccccc2)CC1. The lowest BCUT2D eigenvalue weighted by Gasteiger charge is -2.34. The first-order valence-corrected chi connectivity index (χ1v) is 8.40. The fraction of sp³-hybridized carbons (Fsp3) is 0.667. The Bertz CT molecular complexity index is 372. The molecule has 1 heterocycles. The minimum atomic E-state index is 0.361. The lowest BCUT2D eigenvalue weighted by Crippen LogP contribution is -2.42. The number of ether oxygens (including phenoxy) is 1. The molecule has 0 bridgehead atoms. The molecular formula is C18H30N2O. The van der Waals surface area contributed by atoms with E-state index < -0.39 is 0 Å². The summed E-state index contributed by atoms with van der Waals surface area (Å²) in [5.74, 6) is 0. The molecule has 3 nitrogen and oxygen atoms in total. The summed E-state index contributed by atoms with van der Waals surface area (Å²) in [5, 5.41) is 3.70. The van der Waals surface area contributed by atoms with E-state index >= 15 is 0 Å². The third-order valence-corrected chi connectivity index (χ3v) is 4.07. The first kappa shape index (κ1) is 16.3. The van der Waals surface area contributed by atoms with Gasteiger partial charge in [0.25, 0.3) is 0 Å². The number of para-hydroxylation sites is 1. The van der Waals surface area contributed by atoms with Crippen molar-refractivity contribution in [3.8, 4) is 0 Å². The number of unbranched alkanes of at least 4 members (excludes halogenated alkanes) is 1. The summed E-state index contributed by atoms with van der Waals surface area (Å²) in [5.41, 5.74) is 1.36. The fourth-order valence-electron chi connectivity index (χ4n) is 2.83. The summed E-state index contributed by atoms with van der Waals surface area (Å²) in [4.78, 5) is 2.49. The number of hydrogen-bond acceptors (Lipinski definition) is 3. The molecule has 0 atom stereocenters. The normalized spacial score (nSPS) is 16.6. The zero-order valence-electron chi connectivity index (χ0n) is 13.6. The molecule has 1 fully saturated rings. The van der Waals surface area contributed by atoms with Crippen molar-refractivity contribution in [1.29, 1.82) is 0 Å². The van der Waals surface area contributed by atoms with Crippen LogP contribution in [0.25, 0.3) is 0 Å². The van der Waals surface area contributed by atoms with Crippen molar-refractivity contribution >= 4 is 5.69 Å². The van der Waals surface area contributed by atoms with Crippen LogP contribution in [-0.2, 0) is 4.74 Å². The van der Waals surface area contributed by atoms with Crippen molar-refractivity contribution in [1.82, 2.24) is 5.32 Å². The molecule has 0 aliphatic carbocycles. The summed E-state index contributed by atoms with van der Waals surface area (Å²) in [6.07, 6.45) is 5.23. The molecule has 118 valence electrons. The lowest BCUT2D eigenvalue weighted by molar-refractivity contribution is 0.0759. The molecule has 1 saturated heterocycles. The Morgan fingerprint density at radius 2 is 1.86 bits per heavy atom. The van der Waals surface area contributed by atoms with E-state index in [0.29, 0.717) is 12.1 Å². The van der Waals surface area contributed by atoms with E-state index in [-0.39, 0.29) is 0 Å². The second-order valence-electron chi connectivity index (χ2n) is 6.18. The van der Waals surface area contributed by atoms with Gasteiger partial charge in [-0.3, -0.25) is 0 Å². The number of rotatable bonds is 8. The van der Waals surface area contributed by atoms with Crippen molar-refractivity contribution in [2.24, 2.45) is 0 Å². The van der Waals surface area contributed by atoms with Crippen molar-refractivity contribution < 1.29 is 4.74 Å². The van der Waals surface area contributed by atoms with E-state index in [1.165, 1.54) is 24.9 Å². The fourth-order valence-corrected chi connectivity index (χ4v) is 2.83. The number of anilines is 1. The zero-order valence-corrected chi connectivity index (χ0v) is 13.6. The van der Waals surface area contributed by atoms with Gasteiger partial charge in [-0.05, 0) is 58.2 Å². The van der Waals surface area contributed by atoms with Crippen molar-refractivity contribution in [3.63, 3.8) is 0 Å². The number of piperidine rings is 1. The number of nitrogens with one attached hydrogen (secondary N) is 1. The second kappa shape index (κ2) is 9.06. The standard InChI is InChI=1S/C18H30N2O/c1-16(2)21-15-7-6-12-19-17-10-13-20(14-11-17)18-8-4-3-5-9-18/h3-5,8-9,16-17,19H,6-7,10-15H2,1-2H3. The van der Waals surface area contributed by atoms with Crippen LogP contribution in [0, 0.1) is 0 Å². The first-order chi connectivity index (χ1) is 10.3. The maximum Gasteiger partial charge on any atom is 0.0518 e. The maximum atomic E-state index is 5.56. The highest BCUT2D eigenvalue weighted by atomic mass is 16.5. The molecule has 1 aliphatic rings. The Hall–Kier alpha value is -1.06. The van der Waals surface area contributed by atoms with Gasteiger partial charge in [0.15, 0.2) is 0 Å². The molecule has 21 heavy (non-hydrogen) atoms. The van der Waals surface area contributed by atoms with E-state index in [1.807, 2.05) is 0 Å². The van der Waals surface area contributed by atoms with E-state index in [1.54, 1.807) is 0 Å². The van der Waals surface area contributed by atoms with Crippen LogP contribution < -0.4 is 10.2 Å². The topological polar surface area (TPSA) is 24.5 Å². The molecule has 1 aromatic rings. The van der Waals surface area contributed by atoms with Crippen LogP contribution in [0.2, 0.25) is 0 Å². The van der Waals surface area contributed by atoms with Gasteiger partial charge in [0.05, 0.1) is 6.10 Å². The third-order valence-electron chi connectivity index (χ3n) is 4.07. The number of hydrogen-bond donors (Lipinski definition) is 1. The molecule has 1 aliphatic heterocycles. The Morgan fingerprint density at radius 1 is 1.14 bits per heavy atom. The van der Waals surface area contributed by atoms with Crippen LogP contribution in [-0.4, -0.2) is 38.4 Å². The molecule has 1 aromatic carbocycles. The van der Waals surface area contributed by atoms with Gasteiger partial charge < -0.3 is 15.0 Å². The molecule has 0 spiro atoms. The quantitative estimate of drug-likeness (QED) is 0.742. The lowest BCUT2D eigenvalue weighted by atomic mass is 10.0. The Balaban J connectivity index is 1.55. The predicted octanol–water partition coefficient (Wildman–Crippen LogP) is 3.45. The van der Waals surface area contributed by atoms with Gasteiger partial charge in [-0.15, -0.1) is 0 Å². The van der Waals surface area contributed by atoms with Gasteiger partial charge in [0, 0.05) is 31.4 Å². The molecule has 0 unspecified atom stereocenters. The van der Waals surface area contributed by atoms with E-state index in [9.17, 15) is 0 Å². The van der Waals surface area contributed by atoms with Crippen LogP contribution in [0.15, 0.2) is 30.3 Å². The second-order valence-corrected chi connectivity index (χ2v) is 6.18. The highest BCUT2D eigenvalue weighted by Crippen LogP contribution is 2.19. The highest BCUT2D eigenvalue weighted by Gasteiger charge is 2.18. The van der Waals surface area contributed by atoms with Crippen LogP contribution in [0.4, 0.5) is 5.69 Å². The van der Waals surface area contributed by atoms with Crippen LogP contribution in [0.1, 0.15) is 39.5 Å². The molecule has 0 aromatic heterocycles. The first-order valence-electron chi connectivity index (χ1n) is 8.40. The van der Waals surface area contributed by atoms with Crippen molar-refractivity contribution in [2.45, 2.75) is 51.7 Å². The molecule has 0 amide bonds. The summed E-state index contributed by atoms with van der Waals surface area (Å²) in [7, 11) is 0. The van der Waals surface area contributed by atoms with Crippen LogP contribution >= 0.6 is 0 Å². The van der Waals surface area contributed by atoms with Crippen LogP contribution in [0.5, 0.6) is 0 Å². The predicted molar refractivity (Wildman–Crippen MR) is 90.0 cm³/mol. The minimum absolute atomic E-state index is 0.361. The van der Waals surface area contributed by atoms with E-state index in [2.05, 4.69) is 54.4 Å². The van der Waals surface area contributed by atoms with Crippen molar-refractivity contribution in [2.75, 3.05) is 31.1 Å². The molecule has 0 radical (unpaired) electrons. The summed E-state index contributed by atoms with van der Waals surface area (Å²) >= 11 is 0. The smallest absolute Gasteiger partial charge is 0.0518 e. The van der Waals surface area contributed by atoms with Gasteiger partial charge in [-0.1, -0.05) is 18.2 Å². The summed E-state index contributed by atoms with van der Waals surface area (Å²) in [6.45, 7) is 8.54. The van der Waals surface area contributed by atoms with Gasteiger partial charge in [0.1, 0.15) is 0 Å². The number of nitrogens with zero attached hydrogens (tertiary/aromatic N) is 1. The van der Waals surface area contributed by atoms with E-state index in [0.717, 1.165) is 32.7 Å². The largest absolute Gasteiger partial charge is 0.379 e. The zero-order chi connectivity index (χ0) is 14.9.